The number of hydrogen-bond acceptors (Lipinski definition) is 5. The standard InChI is InChI=1S/C14H15N3O2/c1-2-18-10-8-13-16-14(19-17-13)12-6-4-3-5-11(12)7-9-15/h3-6H,2,7-8,10H2,1H3. The molecule has 5 heteroatoms. The Bertz CT molecular complexity index is 572. The van der Waals surface area contributed by atoms with E-state index in [0.717, 1.165) is 11.1 Å². The van der Waals surface area contributed by atoms with E-state index in [1.165, 1.54) is 0 Å². The topological polar surface area (TPSA) is 71.9 Å². The number of benzene rings is 1. The van der Waals surface area contributed by atoms with Crippen molar-refractivity contribution in [3.05, 3.63) is 35.7 Å². The fraction of sp³-hybridized carbons (Fsp3) is 0.357. The molecule has 98 valence electrons. The van der Waals surface area contributed by atoms with Gasteiger partial charge in [0.05, 0.1) is 19.1 Å². The van der Waals surface area contributed by atoms with Crippen molar-refractivity contribution in [2.45, 2.75) is 19.8 Å². The molecule has 0 spiro atoms. The Kier molecular flexibility index (Phi) is 4.65. The molecule has 0 saturated carbocycles. The summed E-state index contributed by atoms with van der Waals surface area (Å²) in [6.45, 7) is 3.20. The van der Waals surface area contributed by atoms with Gasteiger partial charge in [0.15, 0.2) is 5.82 Å². The van der Waals surface area contributed by atoms with Gasteiger partial charge in [0.25, 0.3) is 5.89 Å². The molecule has 0 amide bonds. The van der Waals surface area contributed by atoms with Gasteiger partial charge in [-0.2, -0.15) is 10.2 Å². The summed E-state index contributed by atoms with van der Waals surface area (Å²) in [4.78, 5) is 4.33. The Morgan fingerprint density at radius 1 is 1.37 bits per heavy atom. The van der Waals surface area contributed by atoms with Crippen LogP contribution in [0.5, 0.6) is 0 Å². The van der Waals surface area contributed by atoms with Gasteiger partial charge in [-0.25, -0.2) is 0 Å². The van der Waals surface area contributed by atoms with Crippen LogP contribution >= 0.6 is 0 Å². The second-order valence-corrected chi connectivity index (χ2v) is 3.95. The van der Waals surface area contributed by atoms with E-state index in [-0.39, 0.29) is 0 Å². The predicted octanol–water partition coefficient (Wildman–Crippen LogP) is 2.38. The van der Waals surface area contributed by atoms with Gasteiger partial charge in [-0.3, -0.25) is 0 Å². The third kappa shape index (κ3) is 3.39. The molecule has 0 aliphatic carbocycles. The highest BCUT2D eigenvalue weighted by Crippen LogP contribution is 2.22. The molecule has 0 aliphatic rings. The minimum atomic E-state index is 0.326. The first-order valence-electron chi connectivity index (χ1n) is 6.20. The third-order valence-electron chi connectivity index (χ3n) is 2.66. The maximum Gasteiger partial charge on any atom is 0.258 e. The van der Waals surface area contributed by atoms with Crippen LogP contribution in [0.2, 0.25) is 0 Å². The molecule has 0 aliphatic heterocycles. The van der Waals surface area contributed by atoms with Crippen molar-refractivity contribution in [2.24, 2.45) is 0 Å². The summed E-state index contributed by atoms with van der Waals surface area (Å²) in [6, 6.07) is 9.69. The SMILES string of the molecule is CCOCCc1noc(-c2ccccc2CC#N)n1. The first kappa shape index (κ1) is 13.2. The molecule has 1 aromatic carbocycles. The molecule has 0 N–H and O–H groups in total. The van der Waals surface area contributed by atoms with Crippen molar-refractivity contribution in [1.82, 2.24) is 10.1 Å². The van der Waals surface area contributed by atoms with Crippen LogP contribution in [-0.2, 0) is 17.6 Å². The van der Waals surface area contributed by atoms with Crippen LogP contribution in [0.4, 0.5) is 0 Å². The number of aromatic nitrogens is 2. The van der Waals surface area contributed by atoms with Gasteiger partial charge < -0.3 is 9.26 Å². The Labute approximate surface area is 111 Å². The van der Waals surface area contributed by atoms with Gasteiger partial charge in [0.2, 0.25) is 0 Å². The average molecular weight is 257 g/mol. The van der Waals surface area contributed by atoms with E-state index in [0.29, 0.717) is 37.8 Å². The molecule has 1 aromatic heterocycles. The lowest BCUT2D eigenvalue weighted by molar-refractivity contribution is 0.149. The quantitative estimate of drug-likeness (QED) is 0.743. The molecule has 5 nitrogen and oxygen atoms in total. The van der Waals surface area contributed by atoms with Crippen molar-refractivity contribution >= 4 is 0 Å². The van der Waals surface area contributed by atoms with Crippen molar-refractivity contribution in [3.63, 3.8) is 0 Å². The third-order valence-corrected chi connectivity index (χ3v) is 2.66. The molecular formula is C14H15N3O2. The first-order valence-corrected chi connectivity index (χ1v) is 6.20. The summed E-state index contributed by atoms with van der Waals surface area (Å²) in [6.07, 6.45) is 0.949. The highest BCUT2D eigenvalue weighted by atomic mass is 16.5. The molecule has 1 heterocycles. The maximum atomic E-state index is 8.81. The van der Waals surface area contributed by atoms with Gasteiger partial charge in [-0.15, -0.1) is 0 Å². The number of rotatable bonds is 6. The van der Waals surface area contributed by atoms with Gasteiger partial charge in [0.1, 0.15) is 0 Å². The minimum Gasteiger partial charge on any atom is -0.381 e. The Morgan fingerprint density at radius 2 is 2.21 bits per heavy atom. The van der Waals surface area contributed by atoms with Crippen LogP contribution in [0.3, 0.4) is 0 Å². The number of ether oxygens (including phenoxy) is 1. The molecule has 2 rings (SSSR count). The minimum absolute atomic E-state index is 0.326. The summed E-state index contributed by atoms with van der Waals surface area (Å²) < 4.78 is 10.5. The second kappa shape index (κ2) is 6.66. The lowest BCUT2D eigenvalue weighted by atomic mass is 10.1. The summed E-state index contributed by atoms with van der Waals surface area (Å²) in [5.41, 5.74) is 1.71. The lowest BCUT2D eigenvalue weighted by Gasteiger charge is -2.00. The van der Waals surface area contributed by atoms with E-state index >= 15 is 0 Å². The Hall–Kier alpha value is -2.19. The molecule has 0 fully saturated rings. The molecule has 19 heavy (non-hydrogen) atoms. The van der Waals surface area contributed by atoms with Crippen LogP contribution in [0.1, 0.15) is 18.3 Å². The van der Waals surface area contributed by atoms with Crippen molar-refractivity contribution < 1.29 is 9.26 Å². The summed E-state index contributed by atoms with van der Waals surface area (Å²) >= 11 is 0. The van der Waals surface area contributed by atoms with E-state index in [4.69, 9.17) is 14.5 Å². The molecule has 2 aromatic rings. The fourth-order valence-corrected chi connectivity index (χ4v) is 1.74. The molecule has 0 bridgehead atoms. The highest BCUT2D eigenvalue weighted by Gasteiger charge is 2.12. The summed E-state index contributed by atoms with van der Waals surface area (Å²) in [7, 11) is 0. The van der Waals surface area contributed by atoms with Crippen molar-refractivity contribution in [1.29, 1.82) is 5.26 Å². The Morgan fingerprint density at radius 3 is 3.00 bits per heavy atom. The summed E-state index contributed by atoms with van der Waals surface area (Å²) in [5, 5.41) is 12.7. The van der Waals surface area contributed by atoms with E-state index in [9.17, 15) is 0 Å². The van der Waals surface area contributed by atoms with Crippen LogP contribution < -0.4 is 0 Å². The zero-order valence-corrected chi connectivity index (χ0v) is 10.8. The van der Waals surface area contributed by atoms with E-state index in [1.807, 2.05) is 31.2 Å². The van der Waals surface area contributed by atoms with Crippen LogP contribution in [0.15, 0.2) is 28.8 Å². The Balaban J connectivity index is 2.16. The number of nitrogens with zero attached hydrogens (tertiary/aromatic N) is 3. The zero-order valence-electron chi connectivity index (χ0n) is 10.8. The summed E-state index contributed by atoms with van der Waals surface area (Å²) in [5.74, 6) is 1.08. The zero-order chi connectivity index (χ0) is 13.5. The molecular weight excluding hydrogens is 242 g/mol. The second-order valence-electron chi connectivity index (χ2n) is 3.95. The van der Waals surface area contributed by atoms with E-state index < -0.39 is 0 Å². The van der Waals surface area contributed by atoms with Gasteiger partial charge in [0, 0.05) is 18.6 Å². The van der Waals surface area contributed by atoms with Crippen LogP contribution in [0.25, 0.3) is 11.5 Å². The maximum absolute atomic E-state index is 8.81. The largest absolute Gasteiger partial charge is 0.381 e. The average Bonchev–Trinajstić information content (AvgIpc) is 2.89. The van der Waals surface area contributed by atoms with E-state index in [1.54, 1.807) is 0 Å². The van der Waals surface area contributed by atoms with E-state index in [2.05, 4.69) is 16.2 Å². The predicted molar refractivity (Wildman–Crippen MR) is 69.2 cm³/mol. The van der Waals surface area contributed by atoms with Gasteiger partial charge in [-0.1, -0.05) is 23.4 Å². The molecule has 0 radical (unpaired) electrons. The fourth-order valence-electron chi connectivity index (χ4n) is 1.74. The smallest absolute Gasteiger partial charge is 0.258 e. The van der Waals surface area contributed by atoms with Crippen LogP contribution in [-0.4, -0.2) is 23.4 Å². The number of hydrogen-bond donors (Lipinski definition) is 0. The van der Waals surface area contributed by atoms with Gasteiger partial charge in [-0.05, 0) is 18.6 Å². The lowest BCUT2D eigenvalue weighted by Crippen LogP contribution is -1.99. The van der Waals surface area contributed by atoms with Crippen molar-refractivity contribution in [2.75, 3.05) is 13.2 Å². The number of nitriles is 1. The van der Waals surface area contributed by atoms with Gasteiger partial charge >= 0.3 is 0 Å². The normalized spacial score (nSPS) is 10.3. The van der Waals surface area contributed by atoms with Crippen molar-refractivity contribution in [3.8, 4) is 17.5 Å². The monoisotopic (exact) mass is 257 g/mol. The first-order chi connectivity index (χ1) is 9.35. The molecule has 0 atom stereocenters. The highest BCUT2D eigenvalue weighted by molar-refractivity contribution is 5.58. The van der Waals surface area contributed by atoms with Crippen LogP contribution in [0, 0.1) is 11.3 Å². The molecule has 0 saturated heterocycles. The molecule has 0 unspecified atom stereocenters.